The van der Waals surface area contributed by atoms with Crippen LogP contribution in [0.5, 0.6) is 11.5 Å². The quantitative estimate of drug-likeness (QED) is 0.790. The molecule has 154 valence electrons. The summed E-state index contributed by atoms with van der Waals surface area (Å²) in [5.74, 6) is 1.49. The van der Waals surface area contributed by atoms with Crippen molar-refractivity contribution in [2.45, 2.75) is 49.9 Å². The number of likely N-dealkylation sites (tertiary alicyclic amines) is 1. The van der Waals surface area contributed by atoms with Crippen LogP contribution in [0, 0.1) is 0 Å². The molecule has 3 atom stereocenters. The van der Waals surface area contributed by atoms with Crippen molar-refractivity contribution in [2.24, 2.45) is 0 Å². The van der Waals surface area contributed by atoms with Gasteiger partial charge < -0.3 is 19.5 Å². The maximum atomic E-state index is 10.3. The molecule has 1 aliphatic carbocycles. The summed E-state index contributed by atoms with van der Waals surface area (Å²) < 4.78 is 11.9. The average molecular weight is 394 g/mol. The molecule has 4 rings (SSSR count). The fraction of sp³-hybridized carbons (Fsp3) is 0.440. The summed E-state index contributed by atoms with van der Waals surface area (Å²) in [4.78, 5) is 2.41. The molecular formula is C25H31NO3. The fourth-order valence-electron chi connectivity index (χ4n) is 5.32. The van der Waals surface area contributed by atoms with Gasteiger partial charge in [0.2, 0.25) is 0 Å². The lowest BCUT2D eigenvalue weighted by atomic mass is 9.64. The number of rotatable bonds is 6. The van der Waals surface area contributed by atoms with Gasteiger partial charge in [-0.1, -0.05) is 49.1 Å². The highest BCUT2D eigenvalue weighted by Gasteiger charge is 2.51. The third kappa shape index (κ3) is 3.56. The maximum absolute atomic E-state index is 10.3. The Balaban J connectivity index is 1.75. The van der Waals surface area contributed by atoms with Gasteiger partial charge in [-0.15, -0.1) is 0 Å². The van der Waals surface area contributed by atoms with Gasteiger partial charge in [0, 0.05) is 17.0 Å². The number of benzene rings is 2. The largest absolute Gasteiger partial charge is 0.493 e. The van der Waals surface area contributed by atoms with Gasteiger partial charge in [-0.25, -0.2) is 0 Å². The van der Waals surface area contributed by atoms with Gasteiger partial charge in [0.15, 0.2) is 11.5 Å². The molecule has 0 amide bonds. The summed E-state index contributed by atoms with van der Waals surface area (Å²) in [6, 6.07) is 14.7. The molecule has 0 spiro atoms. The van der Waals surface area contributed by atoms with Crippen molar-refractivity contribution in [3.63, 3.8) is 0 Å². The Morgan fingerprint density at radius 1 is 1.21 bits per heavy atom. The van der Waals surface area contributed by atoms with E-state index in [1.54, 1.807) is 7.11 Å². The Labute approximate surface area is 173 Å². The van der Waals surface area contributed by atoms with E-state index in [9.17, 15) is 5.11 Å². The van der Waals surface area contributed by atoms with Crippen molar-refractivity contribution in [3.8, 4) is 11.5 Å². The van der Waals surface area contributed by atoms with E-state index in [2.05, 4.69) is 36.7 Å². The van der Waals surface area contributed by atoms with Crippen molar-refractivity contribution >= 4 is 6.08 Å². The number of fused-ring (bicyclic) bond motifs is 1. The van der Waals surface area contributed by atoms with Crippen LogP contribution < -0.4 is 9.47 Å². The summed E-state index contributed by atoms with van der Waals surface area (Å²) in [7, 11) is 3.85. The van der Waals surface area contributed by atoms with E-state index in [0.29, 0.717) is 12.6 Å². The van der Waals surface area contributed by atoms with Gasteiger partial charge in [-0.2, -0.15) is 0 Å². The van der Waals surface area contributed by atoms with E-state index in [4.69, 9.17) is 9.47 Å². The lowest BCUT2D eigenvalue weighted by Gasteiger charge is -2.44. The highest BCUT2D eigenvalue weighted by molar-refractivity contribution is 5.67. The maximum Gasteiger partial charge on any atom is 0.169 e. The van der Waals surface area contributed by atoms with Gasteiger partial charge in [0.1, 0.15) is 6.61 Å². The van der Waals surface area contributed by atoms with Gasteiger partial charge >= 0.3 is 0 Å². The molecule has 2 aliphatic rings. The van der Waals surface area contributed by atoms with Crippen LogP contribution in [0.1, 0.15) is 42.4 Å². The minimum Gasteiger partial charge on any atom is -0.493 e. The van der Waals surface area contributed by atoms with Gasteiger partial charge in [-0.3, -0.25) is 0 Å². The van der Waals surface area contributed by atoms with Crippen LogP contribution in [0.3, 0.4) is 0 Å². The predicted molar refractivity (Wildman–Crippen MR) is 116 cm³/mol. The summed E-state index contributed by atoms with van der Waals surface area (Å²) in [6.45, 7) is 5.65. The summed E-state index contributed by atoms with van der Waals surface area (Å²) in [5, 5.41) is 10.3. The minimum absolute atomic E-state index is 0.0225. The molecule has 4 heteroatoms. The first-order valence-electron chi connectivity index (χ1n) is 10.5. The van der Waals surface area contributed by atoms with Crippen molar-refractivity contribution in [1.82, 2.24) is 4.90 Å². The van der Waals surface area contributed by atoms with Gasteiger partial charge in [0.05, 0.1) is 13.2 Å². The Morgan fingerprint density at radius 2 is 2.00 bits per heavy atom. The third-order valence-electron chi connectivity index (χ3n) is 6.85. The van der Waals surface area contributed by atoms with Crippen molar-refractivity contribution in [3.05, 3.63) is 65.7 Å². The van der Waals surface area contributed by atoms with Crippen LogP contribution in [0.4, 0.5) is 0 Å². The number of methoxy groups -OCH3 is 1. The molecule has 29 heavy (non-hydrogen) atoms. The Bertz CT molecular complexity index is 866. The molecule has 2 aromatic rings. The van der Waals surface area contributed by atoms with Crippen LogP contribution in [0.15, 0.2) is 49.0 Å². The van der Waals surface area contributed by atoms with E-state index >= 15 is 0 Å². The molecule has 4 nitrogen and oxygen atoms in total. The van der Waals surface area contributed by atoms with E-state index in [0.717, 1.165) is 54.9 Å². The Morgan fingerprint density at radius 3 is 2.72 bits per heavy atom. The van der Waals surface area contributed by atoms with E-state index in [-0.39, 0.29) is 11.5 Å². The minimum atomic E-state index is -0.215. The molecule has 2 fully saturated rings. The van der Waals surface area contributed by atoms with Crippen LogP contribution in [0.2, 0.25) is 0 Å². The number of likely N-dealkylation sites (N-methyl/N-ethyl adjacent to an activating group) is 1. The van der Waals surface area contributed by atoms with Crippen LogP contribution in [0.25, 0.3) is 6.08 Å². The number of hydrogen-bond acceptors (Lipinski definition) is 4. The number of aliphatic hydroxyl groups excluding tert-OH is 1. The molecular weight excluding hydrogens is 362 g/mol. The number of ether oxygens (including phenoxy) is 2. The number of aliphatic hydroxyl groups is 1. The smallest absolute Gasteiger partial charge is 0.169 e. The van der Waals surface area contributed by atoms with Crippen molar-refractivity contribution in [1.29, 1.82) is 0 Å². The number of nitrogens with zero attached hydrogens (tertiary/aromatic N) is 1. The molecule has 1 saturated carbocycles. The van der Waals surface area contributed by atoms with Gasteiger partial charge in [0.25, 0.3) is 0 Å². The zero-order chi connectivity index (χ0) is 20.4. The summed E-state index contributed by atoms with van der Waals surface area (Å²) >= 11 is 0. The van der Waals surface area contributed by atoms with Crippen molar-refractivity contribution in [2.75, 3.05) is 20.7 Å². The molecule has 0 bridgehead atoms. The molecule has 1 aliphatic heterocycles. The molecule has 0 aromatic heterocycles. The second kappa shape index (κ2) is 8.21. The lowest BCUT2D eigenvalue weighted by molar-refractivity contribution is 0.0565. The monoisotopic (exact) mass is 393 g/mol. The Kier molecular flexibility index (Phi) is 5.66. The molecule has 0 unspecified atom stereocenters. The van der Waals surface area contributed by atoms with Gasteiger partial charge in [-0.05, 0) is 56.5 Å². The molecule has 1 N–H and O–H groups in total. The zero-order valence-electron chi connectivity index (χ0n) is 17.4. The van der Waals surface area contributed by atoms with Crippen LogP contribution >= 0.6 is 0 Å². The topological polar surface area (TPSA) is 41.9 Å². The molecule has 1 saturated heterocycles. The second-order valence-electron chi connectivity index (χ2n) is 8.37. The standard InChI is InChI=1S/C25H31NO3/c1-4-20-21(25-13-12-19(27)16-23(25)26(2)15-14-25)10-11-22(28-3)24(20)29-17-18-8-6-5-7-9-18/h4-11,19,23,27H,1,12-17H2,2-3H3/t19-,23-,25-/m0/s1. The first-order chi connectivity index (χ1) is 14.1. The summed E-state index contributed by atoms with van der Waals surface area (Å²) in [5.41, 5.74) is 3.44. The lowest BCUT2D eigenvalue weighted by Crippen LogP contribution is -2.47. The molecule has 1 heterocycles. The first-order valence-corrected chi connectivity index (χ1v) is 10.5. The number of hydrogen-bond donors (Lipinski definition) is 1. The van der Waals surface area contributed by atoms with E-state index in [1.807, 2.05) is 30.3 Å². The molecule has 0 radical (unpaired) electrons. The van der Waals surface area contributed by atoms with E-state index < -0.39 is 0 Å². The first kappa shape index (κ1) is 20.0. The highest BCUT2D eigenvalue weighted by atomic mass is 16.5. The fourth-order valence-corrected chi connectivity index (χ4v) is 5.32. The molecule has 2 aromatic carbocycles. The third-order valence-corrected chi connectivity index (χ3v) is 6.85. The SMILES string of the molecule is C=Cc1c([C@@]23CC[C@H](O)C[C@@H]2N(C)CC3)ccc(OC)c1OCc1ccccc1. The predicted octanol–water partition coefficient (Wildman–Crippen LogP) is 4.40. The summed E-state index contributed by atoms with van der Waals surface area (Å²) in [6.07, 6.45) is 5.42. The zero-order valence-corrected chi connectivity index (χ0v) is 17.4. The van der Waals surface area contributed by atoms with E-state index in [1.165, 1.54) is 5.56 Å². The normalized spacial score (nSPS) is 26.7. The second-order valence-corrected chi connectivity index (χ2v) is 8.37. The highest BCUT2D eigenvalue weighted by Crippen LogP contribution is 2.52. The van der Waals surface area contributed by atoms with Crippen molar-refractivity contribution < 1.29 is 14.6 Å². The average Bonchev–Trinajstić information content (AvgIpc) is 3.09. The van der Waals surface area contributed by atoms with Crippen LogP contribution in [-0.4, -0.2) is 42.9 Å². The Hall–Kier alpha value is -2.30. The van der Waals surface area contributed by atoms with Crippen LogP contribution in [-0.2, 0) is 12.0 Å².